The fourth-order valence-corrected chi connectivity index (χ4v) is 5.29. The Labute approximate surface area is 217 Å². The highest BCUT2D eigenvalue weighted by Crippen LogP contribution is 2.31. The second kappa shape index (κ2) is 11.4. The minimum absolute atomic E-state index is 0.0605. The van der Waals surface area contributed by atoms with Crippen molar-refractivity contribution in [3.8, 4) is 11.1 Å². The van der Waals surface area contributed by atoms with Crippen molar-refractivity contribution in [1.29, 1.82) is 0 Å². The molecule has 1 N–H and O–H groups in total. The molecule has 1 amide bonds. The summed E-state index contributed by atoms with van der Waals surface area (Å²) in [6.45, 7) is 1.51. The van der Waals surface area contributed by atoms with Gasteiger partial charge in [-0.2, -0.15) is 0 Å². The second-order valence-corrected chi connectivity index (χ2v) is 9.83. The van der Waals surface area contributed by atoms with E-state index in [1.807, 2.05) is 47.4 Å². The number of amides is 1. The molecule has 37 heavy (non-hydrogen) atoms. The van der Waals surface area contributed by atoms with Crippen LogP contribution in [-0.2, 0) is 11.2 Å². The molecule has 0 radical (unpaired) electrons. The molecule has 1 saturated heterocycles. The van der Waals surface area contributed by atoms with Crippen molar-refractivity contribution < 1.29 is 14.7 Å². The number of hydrogen-bond acceptors (Lipinski definition) is 3. The van der Waals surface area contributed by atoms with Gasteiger partial charge in [0, 0.05) is 41.7 Å². The van der Waals surface area contributed by atoms with Gasteiger partial charge in [-0.05, 0) is 67.3 Å². The highest BCUT2D eigenvalue weighted by atomic mass is 16.4. The van der Waals surface area contributed by atoms with E-state index in [1.165, 1.54) is 5.56 Å². The number of aromatic nitrogens is 1. The number of unbranched alkanes of at least 4 members (excludes halogenated alkanes) is 1. The molecule has 5 heteroatoms. The van der Waals surface area contributed by atoms with E-state index in [0.29, 0.717) is 24.3 Å². The Bertz CT molecular complexity index is 1380. The van der Waals surface area contributed by atoms with Gasteiger partial charge in [0.15, 0.2) is 0 Å². The first-order valence-electron chi connectivity index (χ1n) is 13.1. The summed E-state index contributed by atoms with van der Waals surface area (Å²) in [5, 5.41) is 9.99. The molecule has 1 fully saturated rings. The lowest BCUT2D eigenvalue weighted by atomic mass is 9.89. The van der Waals surface area contributed by atoms with Crippen LogP contribution in [0.25, 0.3) is 22.0 Å². The Morgan fingerprint density at radius 1 is 0.865 bits per heavy atom. The molecule has 5 rings (SSSR count). The monoisotopic (exact) mass is 492 g/mol. The van der Waals surface area contributed by atoms with Gasteiger partial charge < -0.3 is 10.0 Å². The van der Waals surface area contributed by atoms with Crippen molar-refractivity contribution in [3.63, 3.8) is 0 Å². The number of pyridine rings is 1. The highest BCUT2D eigenvalue weighted by molar-refractivity contribution is 5.98. The third kappa shape index (κ3) is 5.88. The minimum Gasteiger partial charge on any atom is -0.481 e. The Hall–Kier alpha value is -3.99. The van der Waals surface area contributed by atoms with Crippen LogP contribution in [-0.4, -0.2) is 40.0 Å². The summed E-state index contributed by atoms with van der Waals surface area (Å²) in [6.07, 6.45) is 4.16. The zero-order valence-corrected chi connectivity index (χ0v) is 21.0. The third-order valence-electron chi connectivity index (χ3n) is 7.34. The zero-order chi connectivity index (χ0) is 25.6. The van der Waals surface area contributed by atoms with Gasteiger partial charge >= 0.3 is 5.97 Å². The van der Waals surface area contributed by atoms with E-state index in [-0.39, 0.29) is 12.3 Å². The fourth-order valence-electron chi connectivity index (χ4n) is 5.29. The predicted octanol–water partition coefficient (Wildman–Crippen LogP) is 6.72. The van der Waals surface area contributed by atoms with Gasteiger partial charge in [-0.1, -0.05) is 66.7 Å². The van der Waals surface area contributed by atoms with Crippen LogP contribution in [0.2, 0.25) is 0 Å². The Balaban J connectivity index is 1.36. The number of aryl methyl sites for hydroxylation is 1. The van der Waals surface area contributed by atoms with Crippen LogP contribution in [0.15, 0.2) is 84.9 Å². The minimum atomic E-state index is -0.772. The molecule has 4 aromatic rings. The molecule has 1 aromatic heterocycles. The standard InChI is InChI=1S/C32H32N2O3/c35-31(36)14-8-7-13-29-28(25-11-5-2-6-12-25)21-26-15-16-27(22-30(26)33-29)32(37)34-19-17-24(18-20-34)23-9-3-1-4-10-23/h1-6,9-12,15-16,21-22,24H,7-8,13-14,17-20H2,(H,35,36). The highest BCUT2D eigenvalue weighted by Gasteiger charge is 2.25. The summed E-state index contributed by atoms with van der Waals surface area (Å²) in [4.78, 5) is 31.3. The largest absolute Gasteiger partial charge is 0.481 e. The number of aliphatic carboxylic acids is 1. The maximum atomic E-state index is 13.4. The van der Waals surface area contributed by atoms with Crippen molar-refractivity contribution in [2.24, 2.45) is 0 Å². The van der Waals surface area contributed by atoms with Gasteiger partial charge in [-0.3, -0.25) is 14.6 Å². The number of benzene rings is 3. The van der Waals surface area contributed by atoms with Gasteiger partial charge in [0.25, 0.3) is 5.91 Å². The molecular weight excluding hydrogens is 460 g/mol. The summed E-state index contributed by atoms with van der Waals surface area (Å²) in [5.74, 6) is -0.209. The molecule has 1 aliphatic heterocycles. The van der Waals surface area contributed by atoms with Crippen molar-refractivity contribution >= 4 is 22.8 Å². The van der Waals surface area contributed by atoms with E-state index >= 15 is 0 Å². The van der Waals surface area contributed by atoms with Crippen molar-refractivity contribution in [1.82, 2.24) is 9.88 Å². The lowest BCUT2D eigenvalue weighted by Gasteiger charge is -2.32. The first-order chi connectivity index (χ1) is 18.1. The first-order valence-corrected chi connectivity index (χ1v) is 13.1. The second-order valence-electron chi connectivity index (χ2n) is 9.83. The summed E-state index contributed by atoms with van der Waals surface area (Å²) >= 11 is 0. The number of carboxylic acids is 1. The molecule has 0 atom stereocenters. The number of likely N-dealkylation sites (tertiary alicyclic amines) is 1. The topological polar surface area (TPSA) is 70.5 Å². The Morgan fingerprint density at radius 3 is 2.27 bits per heavy atom. The maximum Gasteiger partial charge on any atom is 0.303 e. The number of carboxylic acid groups (broad SMARTS) is 1. The average Bonchev–Trinajstić information content (AvgIpc) is 2.95. The molecule has 0 saturated carbocycles. The molecule has 3 aromatic carbocycles. The van der Waals surface area contributed by atoms with E-state index in [9.17, 15) is 9.59 Å². The number of hydrogen-bond donors (Lipinski definition) is 1. The molecule has 1 aliphatic rings. The van der Waals surface area contributed by atoms with Crippen LogP contribution < -0.4 is 0 Å². The van der Waals surface area contributed by atoms with E-state index in [0.717, 1.165) is 60.1 Å². The Kier molecular flexibility index (Phi) is 7.59. The number of fused-ring (bicyclic) bond motifs is 1. The quantitative estimate of drug-likeness (QED) is 0.277. The predicted molar refractivity (Wildman–Crippen MR) is 147 cm³/mol. The van der Waals surface area contributed by atoms with E-state index in [2.05, 4.69) is 42.5 Å². The lowest BCUT2D eigenvalue weighted by molar-refractivity contribution is -0.137. The van der Waals surface area contributed by atoms with Crippen LogP contribution in [0.1, 0.15) is 59.6 Å². The SMILES string of the molecule is O=C(O)CCCCc1nc2cc(C(=O)N3CCC(c4ccccc4)CC3)ccc2cc1-c1ccccc1. The zero-order valence-electron chi connectivity index (χ0n) is 21.0. The smallest absolute Gasteiger partial charge is 0.303 e. The summed E-state index contributed by atoms with van der Waals surface area (Å²) in [7, 11) is 0. The molecular formula is C32H32N2O3. The lowest BCUT2D eigenvalue weighted by Crippen LogP contribution is -2.37. The number of carbonyl (C=O) groups is 2. The van der Waals surface area contributed by atoms with Crippen molar-refractivity contribution in [3.05, 3.63) is 102 Å². The summed E-state index contributed by atoms with van der Waals surface area (Å²) in [6, 6.07) is 28.7. The summed E-state index contributed by atoms with van der Waals surface area (Å²) in [5.41, 5.74) is 5.92. The molecule has 2 heterocycles. The molecule has 188 valence electrons. The number of rotatable bonds is 8. The molecule has 0 aliphatic carbocycles. The summed E-state index contributed by atoms with van der Waals surface area (Å²) < 4.78 is 0. The van der Waals surface area contributed by atoms with Gasteiger partial charge in [-0.25, -0.2) is 0 Å². The Morgan fingerprint density at radius 2 is 1.57 bits per heavy atom. The van der Waals surface area contributed by atoms with Crippen LogP contribution in [0.4, 0.5) is 0 Å². The van der Waals surface area contributed by atoms with E-state index < -0.39 is 5.97 Å². The van der Waals surface area contributed by atoms with Crippen LogP contribution >= 0.6 is 0 Å². The fraction of sp³-hybridized carbons (Fsp3) is 0.281. The molecule has 0 spiro atoms. The van der Waals surface area contributed by atoms with Gasteiger partial charge in [0.2, 0.25) is 0 Å². The molecule has 0 bridgehead atoms. The van der Waals surface area contributed by atoms with Crippen LogP contribution in [0, 0.1) is 0 Å². The average molecular weight is 493 g/mol. The van der Waals surface area contributed by atoms with E-state index in [4.69, 9.17) is 10.1 Å². The van der Waals surface area contributed by atoms with Crippen LogP contribution in [0.5, 0.6) is 0 Å². The van der Waals surface area contributed by atoms with Gasteiger partial charge in [0.1, 0.15) is 0 Å². The van der Waals surface area contributed by atoms with Gasteiger partial charge in [-0.15, -0.1) is 0 Å². The maximum absolute atomic E-state index is 13.4. The molecule has 5 nitrogen and oxygen atoms in total. The normalized spacial score (nSPS) is 14.1. The number of carbonyl (C=O) groups excluding carboxylic acids is 1. The van der Waals surface area contributed by atoms with Gasteiger partial charge in [0.05, 0.1) is 5.52 Å². The number of nitrogens with zero attached hydrogens (tertiary/aromatic N) is 2. The van der Waals surface area contributed by atoms with Crippen molar-refractivity contribution in [2.75, 3.05) is 13.1 Å². The first kappa shape index (κ1) is 24.7. The molecule has 0 unspecified atom stereocenters. The third-order valence-corrected chi connectivity index (χ3v) is 7.34. The van der Waals surface area contributed by atoms with E-state index in [1.54, 1.807) is 0 Å². The van der Waals surface area contributed by atoms with Crippen molar-refractivity contribution in [2.45, 2.75) is 44.4 Å². The number of piperidine rings is 1. The van der Waals surface area contributed by atoms with Crippen LogP contribution in [0.3, 0.4) is 0 Å².